The Hall–Kier alpha value is -0.160. The van der Waals surface area contributed by atoms with Crippen molar-refractivity contribution in [3.63, 3.8) is 0 Å². The van der Waals surface area contributed by atoms with Crippen molar-refractivity contribution in [3.05, 3.63) is 0 Å². The van der Waals surface area contributed by atoms with Crippen molar-refractivity contribution in [2.75, 3.05) is 26.4 Å². The minimum atomic E-state index is 0.000802. The van der Waals surface area contributed by atoms with E-state index in [0.29, 0.717) is 24.2 Å². The molecule has 0 aromatic rings. The molecule has 0 radical (unpaired) electrons. The molecule has 0 amide bonds. The first-order chi connectivity index (χ1) is 9.72. The summed E-state index contributed by atoms with van der Waals surface area (Å²) in [7, 11) is 0. The van der Waals surface area contributed by atoms with Gasteiger partial charge in [0.2, 0.25) is 0 Å². The molecule has 3 saturated heterocycles. The number of ether oxygens (including phenoxy) is 3. The summed E-state index contributed by atoms with van der Waals surface area (Å²) in [6, 6.07) is 0.478. The molecule has 3 aliphatic heterocycles. The molecule has 0 aliphatic carbocycles. The quantitative estimate of drug-likeness (QED) is 0.858. The zero-order valence-corrected chi connectivity index (χ0v) is 12.9. The van der Waals surface area contributed by atoms with E-state index in [-0.39, 0.29) is 5.60 Å². The first-order valence-corrected chi connectivity index (χ1v) is 8.33. The number of rotatable bonds is 4. The van der Waals surface area contributed by atoms with Crippen molar-refractivity contribution < 1.29 is 14.2 Å². The lowest BCUT2D eigenvalue weighted by atomic mass is 9.79. The Balaban J connectivity index is 1.67. The molecule has 5 atom stereocenters. The fourth-order valence-electron chi connectivity index (χ4n) is 4.17. The van der Waals surface area contributed by atoms with E-state index < -0.39 is 0 Å². The molecule has 0 bridgehead atoms. The van der Waals surface area contributed by atoms with Crippen LogP contribution in [0.1, 0.15) is 46.0 Å². The molecule has 3 fully saturated rings. The maximum Gasteiger partial charge on any atom is 0.0939 e. The van der Waals surface area contributed by atoms with Gasteiger partial charge in [0, 0.05) is 25.7 Å². The third-order valence-electron chi connectivity index (χ3n) is 5.21. The second-order valence-corrected chi connectivity index (χ2v) is 6.73. The molecular weight excluding hydrogens is 254 g/mol. The molecule has 5 unspecified atom stereocenters. The van der Waals surface area contributed by atoms with Gasteiger partial charge < -0.3 is 19.5 Å². The third-order valence-corrected chi connectivity index (χ3v) is 5.21. The Labute approximate surface area is 122 Å². The summed E-state index contributed by atoms with van der Waals surface area (Å²) >= 11 is 0. The second kappa shape index (κ2) is 6.30. The van der Waals surface area contributed by atoms with Crippen LogP contribution in [0.2, 0.25) is 0 Å². The normalized spacial score (nSPS) is 43.2. The van der Waals surface area contributed by atoms with Crippen LogP contribution in [0, 0.1) is 5.92 Å². The molecule has 0 saturated carbocycles. The van der Waals surface area contributed by atoms with E-state index in [0.717, 1.165) is 45.6 Å². The minimum Gasteiger partial charge on any atom is -0.378 e. The lowest BCUT2D eigenvalue weighted by Crippen LogP contribution is -2.51. The summed E-state index contributed by atoms with van der Waals surface area (Å²) in [5.74, 6) is 0.653. The van der Waals surface area contributed by atoms with Crippen molar-refractivity contribution in [1.29, 1.82) is 0 Å². The van der Waals surface area contributed by atoms with Crippen LogP contribution in [-0.4, -0.2) is 50.2 Å². The van der Waals surface area contributed by atoms with Crippen molar-refractivity contribution in [3.8, 4) is 0 Å². The van der Waals surface area contributed by atoms with Crippen LogP contribution in [0.5, 0.6) is 0 Å². The van der Waals surface area contributed by atoms with Gasteiger partial charge in [-0.1, -0.05) is 6.92 Å². The van der Waals surface area contributed by atoms with Crippen molar-refractivity contribution in [1.82, 2.24) is 5.32 Å². The zero-order valence-electron chi connectivity index (χ0n) is 12.9. The van der Waals surface area contributed by atoms with Crippen molar-refractivity contribution >= 4 is 0 Å². The first kappa shape index (κ1) is 14.8. The number of hydrogen-bond donors (Lipinski definition) is 1. The van der Waals surface area contributed by atoms with Gasteiger partial charge >= 0.3 is 0 Å². The Morgan fingerprint density at radius 1 is 1.25 bits per heavy atom. The van der Waals surface area contributed by atoms with Crippen LogP contribution < -0.4 is 5.32 Å². The highest BCUT2D eigenvalue weighted by molar-refractivity contribution is 4.96. The van der Waals surface area contributed by atoms with E-state index >= 15 is 0 Å². The van der Waals surface area contributed by atoms with Gasteiger partial charge in [-0.05, 0) is 45.1 Å². The summed E-state index contributed by atoms with van der Waals surface area (Å²) in [6.07, 6.45) is 6.53. The third kappa shape index (κ3) is 3.03. The van der Waals surface area contributed by atoms with Gasteiger partial charge in [0.1, 0.15) is 0 Å². The largest absolute Gasteiger partial charge is 0.378 e. The number of hydrogen-bond acceptors (Lipinski definition) is 4. The van der Waals surface area contributed by atoms with Crippen LogP contribution in [0.25, 0.3) is 0 Å². The standard InChI is InChI=1S/C16H29NO3/c1-3-17-15(14-5-4-12(2)20-14)13-6-8-19-16(10-13)7-9-18-11-16/h12-15,17H,3-11H2,1-2H3. The Kier molecular flexibility index (Phi) is 4.65. The van der Waals surface area contributed by atoms with Crippen LogP contribution in [0.15, 0.2) is 0 Å². The molecule has 3 rings (SSSR count). The van der Waals surface area contributed by atoms with Gasteiger partial charge in [0.15, 0.2) is 0 Å². The molecule has 0 aromatic carbocycles. The SMILES string of the molecule is CCNC(C1CCOC2(CCOC2)C1)C1CCC(C)O1. The van der Waals surface area contributed by atoms with E-state index in [9.17, 15) is 0 Å². The summed E-state index contributed by atoms with van der Waals surface area (Å²) in [5, 5.41) is 3.70. The molecule has 20 heavy (non-hydrogen) atoms. The molecular formula is C16H29NO3. The lowest BCUT2D eigenvalue weighted by Gasteiger charge is -2.42. The molecule has 1 spiro atoms. The van der Waals surface area contributed by atoms with Gasteiger partial charge in [-0.3, -0.25) is 0 Å². The fraction of sp³-hybridized carbons (Fsp3) is 1.00. The highest BCUT2D eigenvalue weighted by atomic mass is 16.6. The number of likely N-dealkylation sites (N-methyl/N-ethyl adjacent to an activating group) is 1. The van der Waals surface area contributed by atoms with Crippen LogP contribution in [0.3, 0.4) is 0 Å². The minimum absolute atomic E-state index is 0.000802. The lowest BCUT2D eigenvalue weighted by molar-refractivity contribution is -0.111. The van der Waals surface area contributed by atoms with Crippen LogP contribution in [-0.2, 0) is 14.2 Å². The van der Waals surface area contributed by atoms with Crippen LogP contribution in [0.4, 0.5) is 0 Å². The molecule has 0 aromatic heterocycles. The average molecular weight is 283 g/mol. The van der Waals surface area contributed by atoms with Gasteiger partial charge in [-0.2, -0.15) is 0 Å². The molecule has 4 heteroatoms. The summed E-state index contributed by atoms with van der Waals surface area (Å²) in [6.45, 7) is 7.91. The van der Waals surface area contributed by atoms with Crippen LogP contribution >= 0.6 is 0 Å². The highest BCUT2D eigenvalue weighted by Crippen LogP contribution is 2.39. The van der Waals surface area contributed by atoms with E-state index in [1.807, 2.05) is 0 Å². The average Bonchev–Trinajstić information content (AvgIpc) is 3.06. The second-order valence-electron chi connectivity index (χ2n) is 6.73. The Morgan fingerprint density at radius 2 is 2.15 bits per heavy atom. The summed E-state index contributed by atoms with van der Waals surface area (Å²) in [5.41, 5.74) is 0.000802. The Morgan fingerprint density at radius 3 is 2.80 bits per heavy atom. The first-order valence-electron chi connectivity index (χ1n) is 8.33. The van der Waals surface area contributed by atoms with Gasteiger partial charge in [0.05, 0.1) is 24.4 Å². The molecule has 3 aliphatic rings. The predicted molar refractivity (Wildman–Crippen MR) is 77.9 cm³/mol. The highest BCUT2D eigenvalue weighted by Gasteiger charge is 2.45. The topological polar surface area (TPSA) is 39.7 Å². The maximum absolute atomic E-state index is 6.15. The molecule has 116 valence electrons. The summed E-state index contributed by atoms with van der Waals surface area (Å²) in [4.78, 5) is 0. The van der Waals surface area contributed by atoms with E-state index in [4.69, 9.17) is 14.2 Å². The molecule has 1 N–H and O–H groups in total. The van der Waals surface area contributed by atoms with Gasteiger partial charge in [-0.15, -0.1) is 0 Å². The monoisotopic (exact) mass is 283 g/mol. The fourth-order valence-corrected chi connectivity index (χ4v) is 4.17. The van der Waals surface area contributed by atoms with Crippen molar-refractivity contribution in [2.45, 2.75) is 69.8 Å². The van der Waals surface area contributed by atoms with E-state index in [1.54, 1.807) is 0 Å². The molecule has 4 nitrogen and oxygen atoms in total. The predicted octanol–water partition coefficient (Wildman–Crippen LogP) is 2.12. The van der Waals surface area contributed by atoms with Gasteiger partial charge in [-0.25, -0.2) is 0 Å². The summed E-state index contributed by atoms with van der Waals surface area (Å²) < 4.78 is 17.8. The Bertz CT molecular complexity index is 317. The van der Waals surface area contributed by atoms with E-state index in [2.05, 4.69) is 19.2 Å². The van der Waals surface area contributed by atoms with Gasteiger partial charge in [0.25, 0.3) is 0 Å². The van der Waals surface area contributed by atoms with E-state index in [1.165, 1.54) is 12.8 Å². The van der Waals surface area contributed by atoms with Crippen molar-refractivity contribution in [2.24, 2.45) is 5.92 Å². The smallest absolute Gasteiger partial charge is 0.0939 e. The zero-order chi connectivity index (χ0) is 14.0. The molecule has 3 heterocycles. The maximum atomic E-state index is 6.15. The number of nitrogens with one attached hydrogen (secondary N) is 1.